The number of furan rings is 1. The molecule has 0 spiro atoms. The maximum atomic E-state index is 13.3. The summed E-state index contributed by atoms with van der Waals surface area (Å²) < 4.78 is 5.49. The Bertz CT molecular complexity index is 920. The van der Waals surface area contributed by atoms with Crippen LogP contribution in [0.1, 0.15) is 22.9 Å². The molecule has 0 aliphatic carbocycles. The summed E-state index contributed by atoms with van der Waals surface area (Å²) in [4.78, 5) is 16.8. The molecule has 1 aromatic heterocycles. The molecule has 3 aromatic rings. The van der Waals surface area contributed by atoms with Gasteiger partial charge in [0.05, 0.1) is 18.5 Å². The molecular formula is C21H18N2O2S. The third-order valence-electron chi connectivity index (χ3n) is 4.52. The van der Waals surface area contributed by atoms with Crippen LogP contribution in [0.25, 0.3) is 0 Å². The third-order valence-corrected chi connectivity index (χ3v) is 4.93. The van der Waals surface area contributed by atoms with E-state index in [-0.39, 0.29) is 5.91 Å². The number of thiocarbonyl (C=S) groups is 1. The monoisotopic (exact) mass is 362 g/mol. The first-order chi connectivity index (χ1) is 12.6. The molecule has 1 amide bonds. The number of amides is 1. The molecule has 0 bridgehead atoms. The minimum atomic E-state index is -0.464. The van der Waals surface area contributed by atoms with Crippen LogP contribution in [0.5, 0.6) is 0 Å². The lowest BCUT2D eigenvalue weighted by molar-refractivity contribution is -0.120. The van der Waals surface area contributed by atoms with Crippen molar-refractivity contribution in [3.8, 4) is 0 Å². The fourth-order valence-electron chi connectivity index (χ4n) is 3.20. The average Bonchev–Trinajstić information content (AvgIpc) is 3.24. The van der Waals surface area contributed by atoms with Crippen molar-refractivity contribution in [3.63, 3.8) is 0 Å². The Kier molecular flexibility index (Phi) is 4.31. The largest absolute Gasteiger partial charge is 0.467 e. The first kappa shape index (κ1) is 16.5. The summed E-state index contributed by atoms with van der Waals surface area (Å²) in [5.74, 6) is 0.726. The molecule has 4 rings (SSSR count). The summed E-state index contributed by atoms with van der Waals surface area (Å²) >= 11 is 5.69. The van der Waals surface area contributed by atoms with E-state index >= 15 is 0 Å². The average molecular weight is 362 g/mol. The molecule has 1 saturated heterocycles. The number of benzene rings is 2. The molecule has 26 heavy (non-hydrogen) atoms. The first-order valence-corrected chi connectivity index (χ1v) is 8.84. The van der Waals surface area contributed by atoms with E-state index in [1.165, 1.54) is 0 Å². The Morgan fingerprint density at radius 2 is 1.73 bits per heavy atom. The highest BCUT2D eigenvalue weighted by molar-refractivity contribution is 7.80. The molecule has 0 saturated carbocycles. The van der Waals surface area contributed by atoms with Crippen LogP contribution in [0.3, 0.4) is 0 Å². The number of para-hydroxylation sites is 1. The van der Waals surface area contributed by atoms with Crippen molar-refractivity contribution in [2.24, 2.45) is 0 Å². The Morgan fingerprint density at radius 1 is 1.00 bits per heavy atom. The van der Waals surface area contributed by atoms with Crippen LogP contribution in [0.2, 0.25) is 0 Å². The SMILES string of the molecule is Cc1ccc([C@H]2C(=O)N(c3ccccc3)C(=S)N2Cc2ccco2)cc1. The van der Waals surface area contributed by atoms with Crippen LogP contribution >= 0.6 is 12.2 Å². The zero-order chi connectivity index (χ0) is 18.1. The summed E-state index contributed by atoms with van der Waals surface area (Å²) in [5.41, 5.74) is 2.86. The summed E-state index contributed by atoms with van der Waals surface area (Å²) in [6.45, 7) is 2.47. The van der Waals surface area contributed by atoms with Gasteiger partial charge in [-0.05, 0) is 49.0 Å². The van der Waals surface area contributed by atoms with Gasteiger partial charge in [-0.2, -0.15) is 0 Å². The van der Waals surface area contributed by atoms with Crippen LogP contribution in [0.4, 0.5) is 5.69 Å². The molecule has 2 aromatic carbocycles. The molecular weight excluding hydrogens is 344 g/mol. The predicted octanol–water partition coefficient (Wildman–Crippen LogP) is 4.46. The maximum Gasteiger partial charge on any atom is 0.260 e. The molecule has 0 radical (unpaired) electrons. The highest BCUT2D eigenvalue weighted by Gasteiger charge is 2.44. The fraction of sp³-hybridized carbons (Fsp3) is 0.143. The van der Waals surface area contributed by atoms with Crippen molar-refractivity contribution in [2.45, 2.75) is 19.5 Å². The van der Waals surface area contributed by atoms with Gasteiger partial charge in [0.15, 0.2) is 5.11 Å². The van der Waals surface area contributed by atoms with Gasteiger partial charge in [-0.1, -0.05) is 48.0 Å². The van der Waals surface area contributed by atoms with E-state index in [4.69, 9.17) is 16.6 Å². The zero-order valence-corrected chi connectivity index (χ0v) is 15.1. The van der Waals surface area contributed by atoms with Crippen LogP contribution in [0, 0.1) is 6.92 Å². The minimum absolute atomic E-state index is 0.0448. The predicted molar refractivity (Wildman–Crippen MR) is 105 cm³/mol. The lowest BCUT2D eigenvalue weighted by atomic mass is 10.0. The third kappa shape index (κ3) is 2.91. The lowest BCUT2D eigenvalue weighted by Crippen LogP contribution is -2.32. The number of carbonyl (C=O) groups is 1. The minimum Gasteiger partial charge on any atom is -0.467 e. The molecule has 0 N–H and O–H groups in total. The Balaban J connectivity index is 1.76. The van der Waals surface area contributed by atoms with Gasteiger partial charge >= 0.3 is 0 Å². The number of hydrogen-bond donors (Lipinski definition) is 0. The zero-order valence-electron chi connectivity index (χ0n) is 14.3. The van der Waals surface area contributed by atoms with Crippen LogP contribution in [0.15, 0.2) is 77.4 Å². The van der Waals surface area contributed by atoms with Gasteiger partial charge in [-0.25, -0.2) is 0 Å². The number of carbonyl (C=O) groups excluding carboxylic acids is 1. The quantitative estimate of drug-likeness (QED) is 0.642. The van der Waals surface area contributed by atoms with Gasteiger partial charge in [0, 0.05) is 0 Å². The van der Waals surface area contributed by atoms with Crippen molar-refractivity contribution >= 4 is 28.9 Å². The van der Waals surface area contributed by atoms with Crippen LogP contribution in [-0.2, 0) is 11.3 Å². The lowest BCUT2D eigenvalue weighted by Gasteiger charge is -2.23. The van der Waals surface area contributed by atoms with Gasteiger partial charge in [0.25, 0.3) is 5.91 Å². The smallest absolute Gasteiger partial charge is 0.260 e. The van der Waals surface area contributed by atoms with Crippen molar-refractivity contribution in [1.82, 2.24) is 4.90 Å². The van der Waals surface area contributed by atoms with E-state index in [9.17, 15) is 4.79 Å². The van der Waals surface area contributed by atoms with E-state index in [1.807, 2.05) is 78.6 Å². The van der Waals surface area contributed by atoms with Crippen molar-refractivity contribution in [3.05, 3.63) is 89.9 Å². The molecule has 130 valence electrons. The van der Waals surface area contributed by atoms with E-state index < -0.39 is 6.04 Å². The number of rotatable bonds is 4. The van der Waals surface area contributed by atoms with E-state index in [2.05, 4.69) is 0 Å². The van der Waals surface area contributed by atoms with E-state index in [1.54, 1.807) is 11.2 Å². The Labute approximate surface area is 157 Å². The van der Waals surface area contributed by atoms with E-state index in [0.717, 1.165) is 22.6 Å². The molecule has 4 nitrogen and oxygen atoms in total. The highest BCUT2D eigenvalue weighted by atomic mass is 32.1. The van der Waals surface area contributed by atoms with Crippen molar-refractivity contribution in [2.75, 3.05) is 4.90 Å². The van der Waals surface area contributed by atoms with Crippen LogP contribution in [-0.4, -0.2) is 15.9 Å². The van der Waals surface area contributed by atoms with Crippen molar-refractivity contribution in [1.29, 1.82) is 0 Å². The van der Waals surface area contributed by atoms with Gasteiger partial charge in [0.2, 0.25) is 0 Å². The first-order valence-electron chi connectivity index (χ1n) is 8.44. The second-order valence-electron chi connectivity index (χ2n) is 6.31. The van der Waals surface area contributed by atoms with Crippen molar-refractivity contribution < 1.29 is 9.21 Å². The number of hydrogen-bond acceptors (Lipinski definition) is 3. The topological polar surface area (TPSA) is 36.7 Å². The fourth-order valence-corrected chi connectivity index (χ4v) is 3.57. The van der Waals surface area contributed by atoms with E-state index in [0.29, 0.717) is 11.7 Å². The Hall–Kier alpha value is -2.92. The molecule has 0 unspecified atom stereocenters. The molecule has 1 aliphatic rings. The standard InChI is InChI=1S/C21H18N2O2S/c1-15-9-11-16(12-10-15)19-20(24)23(17-6-3-2-4-7-17)21(26)22(19)14-18-8-5-13-25-18/h2-13,19H,14H2,1H3/t19-/m0/s1. The second kappa shape index (κ2) is 6.77. The summed E-state index contributed by atoms with van der Waals surface area (Å²) in [6, 6.07) is 20.8. The normalized spacial score (nSPS) is 17.2. The van der Waals surface area contributed by atoms with Gasteiger partial charge in [-0.3, -0.25) is 9.69 Å². The molecule has 1 atom stereocenters. The molecule has 1 fully saturated rings. The summed E-state index contributed by atoms with van der Waals surface area (Å²) in [5, 5.41) is 0.489. The summed E-state index contributed by atoms with van der Waals surface area (Å²) in [7, 11) is 0. The summed E-state index contributed by atoms with van der Waals surface area (Å²) in [6.07, 6.45) is 1.63. The van der Waals surface area contributed by atoms with Crippen LogP contribution < -0.4 is 4.90 Å². The maximum absolute atomic E-state index is 13.3. The highest BCUT2D eigenvalue weighted by Crippen LogP contribution is 2.35. The van der Waals surface area contributed by atoms with Gasteiger partial charge in [0.1, 0.15) is 11.8 Å². The van der Waals surface area contributed by atoms with Gasteiger partial charge in [-0.15, -0.1) is 0 Å². The number of nitrogens with zero attached hydrogens (tertiary/aromatic N) is 2. The molecule has 1 aliphatic heterocycles. The molecule has 5 heteroatoms. The Morgan fingerprint density at radius 3 is 2.38 bits per heavy atom. The number of aryl methyl sites for hydroxylation is 1. The second-order valence-corrected chi connectivity index (χ2v) is 6.68. The number of anilines is 1. The van der Waals surface area contributed by atoms with Gasteiger partial charge < -0.3 is 9.32 Å². The molecule has 2 heterocycles.